The van der Waals surface area contributed by atoms with Gasteiger partial charge < -0.3 is 24.6 Å². The van der Waals surface area contributed by atoms with Crippen LogP contribution < -0.4 is 19.5 Å². The van der Waals surface area contributed by atoms with Crippen molar-refractivity contribution in [2.75, 3.05) is 13.2 Å². The zero-order valence-corrected chi connectivity index (χ0v) is 15.9. The highest BCUT2D eigenvalue weighted by atomic mass is 16.5. The van der Waals surface area contributed by atoms with Crippen molar-refractivity contribution in [1.29, 1.82) is 0 Å². The third-order valence-corrected chi connectivity index (χ3v) is 4.28. The Hall–Kier alpha value is -3.22. The number of nitrogens with one attached hydrogen (secondary N) is 1. The number of rotatable bonds is 8. The second kappa shape index (κ2) is 8.65. The molecule has 1 aliphatic heterocycles. The maximum absolute atomic E-state index is 12.5. The van der Waals surface area contributed by atoms with Gasteiger partial charge in [0.25, 0.3) is 5.91 Å². The van der Waals surface area contributed by atoms with Crippen LogP contribution in [0.1, 0.15) is 35.3 Å². The first-order valence-corrected chi connectivity index (χ1v) is 9.14. The van der Waals surface area contributed by atoms with Crippen molar-refractivity contribution in [3.05, 3.63) is 53.1 Å². The van der Waals surface area contributed by atoms with Gasteiger partial charge in [0.2, 0.25) is 0 Å². The van der Waals surface area contributed by atoms with Crippen molar-refractivity contribution >= 4 is 11.9 Å². The van der Waals surface area contributed by atoms with Crippen molar-refractivity contribution in [3.8, 4) is 17.2 Å². The molecule has 1 atom stereocenters. The maximum Gasteiger partial charge on any atom is 0.341 e. The molecular formula is C21H23NO6. The number of hydrogen-bond acceptors (Lipinski definition) is 5. The van der Waals surface area contributed by atoms with Gasteiger partial charge in [-0.3, -0.25) is 4.79 Å². The van der Waals surface area contributed by atoms with Gasteiger partial charge >= 0.3 is 5.97 Å². The summed E-state index contributed by atoms with van der Waals surface area (Å²) in [6, 6.07) is 10.3. The van der Waals surface area contributed by atoms with Crippen LogP contribution in [0.2, 0.25) is 0 Å². The molecule has 2 N–H and O–H groups in total. The molecule has 148 valence electrons. The summed E-state index contributed by atoms with van der Waals surface area (Å²) < 4.78 is 16.6. The van der Waals surface area contributed by atoms with Crippen LogP contribution in [-0.2, 0) is 17.8 Å². The lowest BCUT2D eigenvalue weighted by atomic mass is 10.1. The molecule has 7 nitrogen and oxygen atoms in total. The van der Waals surface area contributed by atoms with Crippen LogP contribution in [0.5, 0.6) is 17.2 Å². The first-order chi connectivity index (χ1) is 13.5. The topological polar surface area (TPSA) is 94.1 Å². The lowest BCUT2D eigenvalue weighted by Crippen LogP contribution is -2.23. The number of carbonyl (C=O) groups excluding carboxylic acids is 1. The predicted octanol–water partition coefficient (Wildman–Crippen LogP) is 2.80. The van der Waals surface area contributed by atoms with Gasteiger partial charge in [-0.05, 0) is 44.2 Å². The molecule has 0 radical (unpaired) electrons. The Morgan fingerprint density at radius 2 is 2.07 bits per heavy atom. The zero-order valence-electron chi connectivity index (χ0n) is 15.9. The van der Waals surface area contributed by atoms with E-state index in [0.717, 1.165) is 29.0 Å². The van der Waals surface area contributed by atoms with Gasteiger partial charge in [0.05, 0.1) is 6.61 Å². The molecule has 1 aliphatic rings. The predicted molar refractivity (Wildman–Crippen MR) is 102 cm³/mol. The first-order valence-electron chi connectivity index (χ1n) is 9.14. The highest BCUT2D eigenvalue weighted by Crippen LogP contribution is 2.35. The first kappa shape index (κ1) is 19.5. The molecule has 2 aromatic carbocycles. The fourth-order valence-electron chi connectivity index (χ4n) is 3.06. The highest BCUT2D eigenvalue weighted by Gasteiger charge is 2.22. The summed E-state index contributed by atoms with van der Waals surface area (Å²) >= 11 is 0. The molecule has 28 heavy (non-hydrogen) atoms. The molecule has 0 spiro atoms. The quantitative estimate of drug-likeness (QED) is 0.726. The molecule has 1 heterocycles. The highest BCUT2D eigenvalue weighted by molar-refractivity contribution is 5.94. The Balaban J connectivity index is 1.70. The van der Waals surface area contributed by atoms with Crippen molar-refractivity contribution in [1.82, 2.24) is 5.32 Å². The fraction of sp³-hybridized carbons (Fsp3) is 0.333. The Morgan fingerprint density at radius 3 is 2.82 bits per heavy atom. The summed E-state index contributed by atoms with van der Waals surface area (Å²) in [5.41, 5.74) is 2.32. The minimum absolute atomic E-state index is 0.128. The fourth-order valence-corrected chi connectivity index (χ4v) is 3.06. The smallest absolute Gasteiger partial charge is 0.341 e. The van der Waals surface area contributed by atoms with Gasteiger partial charge in [-0.15, -0.1) is 0 Å². The monoisotopic (exact) mass is 385 g/mol. The Morgan fingerprint density at radius 1 is 1.25 bits per heavy atom. The molecular weight excluding hydrogens is 362 g/mol. The average Bonchev–Trinajstić information content (AvgIpc) is 3.03. The zero-order chi connectivity index (χ0) is 20.1. The van der Waals surface area contributed by atoms with Gasteiger partial charge in [-0.2, -0.15) is 0 Å². The van der Waals surface area contributed by atoms with E-state index in [1.807, 2.05) is 26.0 Å². The summed E-state index contributed by atoms with van der Waals surface area (Å²) in [6.07, 6.45) is 0.966. The number of aliphatic carboxylic acids is 1. The molecule has 0 saturated carbocycles. The van der Waals surface area contributed by atoms with Crippen molar-refractivity contribution in [2.45, 2.75) is 32.9 Å². The van der Waals surface area contributed by atoms with E-state index in [1.165, 1.54) is 6.07 Å². The third kappa shape index (κ3) is 4.73. The van der Waals surface area contributed by atoms with E-state index in [-0.39, 0.29) is 18.6 Å². The van der Waals surface area contributed by atoms with E-state index < -0.39 is 12.6 Å². The SMILES string of the molecule is CCOc1cc2c(cc1CNC(=O)c1cccc(OCC(=O)O)c1)OC(C)C2. The van der Waals surface area contributed by atoms with Crippen molar-refractivity contribution in [2.24, 2.45) is 0 Å². The molecule has 1 amide bonds. The van der Waals surface area contributed by atoms with Crippen molar-refractivity contribution in [3.63, 3.8) is 0 Å². The van der Waals surface area contributed by atoms with E-state index in [1.54, 1.807) is 18.2 Å². The van der Waals surface area contributed by atoms with Crippen LogP contribution in [0.25, 0.3) is 0 Å². The summed E-state index contributed by atoms with van der Waals surface area (Å²) in [5.74, 6) is 0.511. The number of hydrogen-bond donors (Lipinski definition) is 2. The van der Waals surface area contributed by atoms with E-state index >= 15 is 0 Å². The second-order valence-electron chi connectivity index (χ2n) is 6.53. The lowest BCUT2D eigenvalue weighted by Gasteiger charge is -2.13. The normalized spacial score (nSPS) is 14.7. The molecule has 0 bridgehead atoms. The number of amides is 1. The summed E-state index contributed by atoms with van der Waals surface area (Å²) in [6.45, 7) is 4.27. The number of carboxylic acid groups (broad SMARTS) is 1. The minimum Gasteiger partial charge on any atom is -0.494 e. The van der Waals surface area contributed by atoms with Crippen LogP contribution in [-0.4, -0.2) is 36.3 Å². The van der Waals surface area contributed by atoms with E-state index in [4.69, 9.17) is 19.3 Å². The van der Waals surface area contributed by atoms with Crippen LogP contribution in [0.15, 0.2) is 36.4 Å². The molecule has 0 aromatic heterocycles. The van der Waals surface area contributed by atoms with Crippen LogP contribution in [0.3, 0.4) is 0 Å². The number of benzene rings is 2. The number of ether oxygens (including phenoxy) is 3. The van der Waals surface area contributed by atoms with Gasteiger partial charge in [-0.25, -0.2) is 4.79 Å². The number of fused-ring (bicyclic) bond motifs is 1. The van der Waals surface area contributed by atoms with Crippen LogP contribution in [0.4, 0.5) is 0 Å². The third-order valence-electron chi connectivity index (χ3n) is 4.28. The Bertz CT molecular complexity index is 879. The Kier molecular flexibility index (Phi) is 6.03. The molecule has 0 fully saturated rings. The average molecular weight is 385 g/mol. The van der Waals surface area contributed by atoms with E-state index in [2.05, 4.69) is 5.32 Å². The lowest BCUT2D eigenvalue weighted by molar-refractivity contribution is -0.139. The number of carboxylic acids is 1. The number of carbonyl (C=O) groups is 2. The van der Waals surface area contributed by atoms with Gasteiger partial charge in [0.15, 0.2) is 6.61 Å². The standard InChI is InChI=1S/C21H23NO6/c1-3-26-18-9-15-7-13(2)28-19(15)10-16(18)11-22-21(25)14-5-4-6-17(8-14)27-12-20(23)24/h4-6,8-10,13H,3,7,11-12H2,1-2H3,(H,22,25)(H,23,24). The molecule has 0 aliphatic carbocycles. The van der Waals surface area contributed by atoms with Gasteiger partial charge in [0.1, 0.15) is 23.4 Å². The second-order valence-corrected chi connectivity index (χ2v) is 6.53. The van der Waals surface area contributed by atoms with E-state index in [9.17, 15) is 9.59 Å². The summed E-state index contributed by atoms with van der Waals surface area (Å²) in [4.78, 5) is 23.1. The largest absolute Gasteiger partial charge is 0.494 e. The summed E-state index contributed by atoms with van der Waals surface area (Å²) in [7, 11) is 0. The molecule has 0 saturated heterocycles. The molecule has 2 aromatic rings. The minimum atomic E-state index is -1.08. The van der Waals surface area contributed by atoms with Crippen molar-refractivity contribution < 1.29 is 28.9 Å². The van der Waals surface area contributed by atoms with Crippen LogP contribution in [0, 0.1) is 0 Å². The Labute approximate surface area is 163 Å². The van der Waals surface area contributed by atoms with Gasteiger partial charge in [-0.1, -0.05) is 6.07 Å². The molecule has 3 rings (SSSR count). The molecule has 1 unspecified atom stereocenters. The van der Waals surface area contributed by atoms with Gasteiger partial charge in [0, 0.05) is 29.7 Å². The molecule has 7 heteroatoms. The van der Waals surface area contributed by atoms with Crippen LogP contribution >= 0.6 is 0 Å². The summed E-state index contributed by atoms with van der Waals surface area (Å²) in [5, 5.41) is 11.6. The van der Waals surface area contributed by atoms with E-state index in [0.29, 0.717) is 17.9 Å². The maximum atomic E-state index is 12.5.